The fourth-order valence-corrected chi connectivity index (χ4v) is 2.76. The molecule has 1 heterocycles. The number of carbonyl (C=O) groups excluding carboxylic acids is 3. The maximum Gasteiger partial charge on any atom is 0.314 e. The average molecular weight is 378 g/mol. The van der Waals surface area contributed by atoms with Crippen LogP contribution in [0.5, 0.6) is 11.5 Å². The van der Waals surface area contributed by atoms with Crippen molar-refractivity contribution < 1.29 is 23.9 Å². The summed E-state index contributed by atoms with van der Waals surface area (Å²) in [6.07, 6.45) is 0.507. The molecule has 1 aromatic rings. The Kier molecular flexibility index (Phi) is 7.27. The summed E-state index contributed by atoms with van der Waals surface area (Å²) >= 11 is 0. The van der Waals surface area contributed by atoms with Crippen molar-refractivity contribution in [2.45, 2.75) is 32.8 Å². The van der Waals surface area contributed by atoms with Gasteiger partial charge in [-0.2, -0.15) is 0 Å². The van der Waals surface area contributed by atoms with Crippen molar-refractivity contribution in [2.75, 3.05) is 19.7 Å². The lowest BCUT2D eigenvalue weighted by molar-refractivity contribution is -0.134. The second kappa shape index (κ2) is 9.65. The number of hydrogen-bond donors (Lipinski definition) is 3. The number of nitrogens with one attached hydrogen (secondary N) is 2. The van der Waals surface area contributed by atoms with E-state index in [0.717, 1.165) is 0 Å². The van der Waals surface area contributed by atoms with E-state index < -0.39 is 24.0 Å². The Bertz CT molecular complexity index is 664. The Labute approximate surface area is 158 Å². The molecule has 4 N–H and O–H groups in total. The second-order valence-electron chi connectivity index (χ2n) is 6.27. The molecule has 0 aliphatic carbocycles. The third-order valence-corrected chi connectivity index (χ3v) is 4.23. The van der Waals surface area contributed by atoms with Crippen molar-refractivity contribution in [1.29, 1.82) is 0 Å². The number of benzene rings is 1. The van der Waals surface area contributed by atoms with Crippen LogP contribution in [-0.2, 0) is 9.59 Å². The number of nitrogens with two attached hydrogens (primary N) is 1. The van der Waals surface area contributed by atoms with E-state index >= 15 is 0 Å². The molecule has 2 rings (SSSR count). The van der Waals surface area contributed by atoms with Crippen LogP contribution in [0.2, 0.25) is 0 Å². The highest BCUT2D eigenvalue weighted by atomic mass is 16.5. The summed E-state index contributed by atoms with van der Waals surface area (Å²) in [4.78, 5) is 37.0. The van der Waals surface area contributed by atoms with Crippen molar-refractivity contribution in [1.82, 2.24) is 15.8 Å². The van der Waals surface area contributed by atoms with E-state index in [0.29, 0.717) is 37.5 Å². The quantitative estimate of drug-likeness (QED) is 0.632. The number of ether oxygens (including phenoxy) is 2. The predicted molar refractivity (Wildman–Crippen MR) is 97.9 cm³/mol. The van der Waals surface area contributed by atoms with Crippen LogP contribution in [-0.4, -0.2) is 48.5 Å². The van der Waals surface area contributed by atoms with Gasteiger partial charge >= 0.3 is 6.03 Å². The normalized spacial score (nSPS) is 17.6. The molecule has 9 heteroatoms. The molecule has 0 radical (unpaired) electrons. The minimum absolute atomic E-state index is 0.245. The summed E-state index contributed by atoms with van der Waals surface area (Å²) in [6, 6.07) is 6.35. The van der Waals surface area contributed by atoms with Crippen LogP contribution < -0.4 is 26.1 Å². The number of amides is 4. The third-order valence-electron chi connectivity index (χ3n) is 4.23. The predicted octanol–water partition coefficient (Wildman–Crippen LogP) is 0.791. The van der Waals surface area contributed by atoms with Gasteiger partial charge in [-0.05, 0) is 51.0 Å². The highest BCUT2D eigenvalue weighted by Gasteiger charge is 2.28. The number of nitrogens with zero attached hydrogens (tertiary/aromatic N) is 1. The van der Waals surface area contributed by atoms with Gasteiger partial charge in [0, 0.05) is 13.1 Å². The largest absolute Gasteiger partial charge is 0.494 e. The molecule has 2 atom stereocenters. The van der Waals surface area contributed by atoms with Gasteiger partial charge in [0.25, 0.3) is 5.91 Å². The zero-order chi connectivity index (χ0) is 19.8. The summed E-state index contributed by atoms with van der Waals surface area (Å²) in [7, 11) is 0. The van der Waals surface area contributed by atoms with Crippen LogP contribution in [0.1, 0.15) is 26.7 Å². The molecule has 0 saturated carbocycles. The molecule has 0 spiro atoms. The number of carbonyl (C=O) groups is 3. The van der Waals surface area contributed by atoms with Gasteiger partial charge < -0.3 is 20.1 Å². The lowest BCUT2D eigenvalue weighted by Crippen LogP contribution is -2.52. The first-order chi connectivity index (χ1) is 12.9. The van der Waals surface area contributed by atoms with Crippen molar-refractivity contribution in [2.24, 2.45) is 11.7 Å². The van der Waals surface area contributed by atoms with Gasteiger partial charge in [-0.15, -0.1) is 0 Å². The highest BCUT2D eigenvalue weighted by molar-refractivity contribution is 5.86. The maximum atomic E-state index is 12.2. The summed E-state index contributed by atoms with van der Waals surface area (Å²) in [5.41, 5.74) is 9.99. The first kappa shape index (κ1) is 20.3. The Morgan fingerprint density at radius 1 is 1.22 bits per heavy atom. The van der Waals surface area contributed by atoms with E-state index in [9.17, 15) is 14.4 Å². The Hall–Kier alpha value is -2.97. The number of likely N-dealkylation sites (tertiary alicyclic amines) is 1. The van der Waals surface area contributed by atoms with Gasteiger partial charge in [0.1, 0.15) is 11.5 Å². The second-order valence-corrected chi connectivity index (χ2v) is 6.27. The molecule has 148 valence electrons. The smallest absolute Gasteiger partial charge is 0.314 e. The number of hydrogen-bond acceptors (Lipinski definition) is 5. The molecule has 4 amide bonds. The van der Waals surface area contributed by atoms with Crippen LogP contribution in [0, 0.1) is 5.92 Å². The molecular weight excluding hydrogens is 352 g/mol. The Balaban J connectivity index is 1.78. The summed E-state index contributed by atoms with van der Waals surface area (Å²) in [5.74, 6) is -0.0280. The van der Waals surface area contributed by atoms with Gasteiger partial charge in [-0.3, -0.25) is 20.4 Å². The van der Waals surface area contributed by atoms with Crippen LogP contribution in [0.25, 0.3) is 0 Å². The van der Waals surface area contributed by atoms with E-state index in [2.05, 4.69) is 10.9 Å². The lowest BCUT2D eigenvalue weighted by Gasteiger charge is -2.30. The fraction of sp³-hybridized carbons (Fsp3) is 0.500. The van der Waals surface area contributed by atoms with Gasteiger partial charge in [-0.1, -0.05) is 0 Å². The van der Waals surface area contributed by atoms with Crippen LogP contribution >= 0.6 is 0 Å². The molecule has 9 nitrogen and oxygen atoms in total. The molecular formula is C18H26N4O5. The van der Waals surface area contributed by atoms with E-state index in [1.54, 1.807) is 31.2 Å². The lowest BCUT2D eigenvalue weighted by atomic mass is 9.98. The molecule has 1 aliphatic rings. The van der Waals surface area contributed by atoms with Gasteiger partial charge in [0.05, 0.1) is 12.5 Å². The third kappa shape index (κ3) is 6.05. The minimum Gasteiger partial charge on any atom is -0.494 e. The molecule has 0 bridgehead atoms. The maximum absolute atomic E-state index is 12.2. The number of rotatable bonds is 6. The molecule has 1 saturated heterocycles. The SMILES string of the molecule is CCOc1ccc(O[C@H](C)C(=O)NNC(=O)[C@H]2CCCN(C(N)=O)C2)cc1. The summed E-state index contributed by atoms with van der Waals surface area (Å²) in [6.45, 7) is 4.82. The molecule has 1 aromatic carbocycles. The van der Waals surface area contributed by atoms with Crippen LogP contribution in [0.4, 0.5) is 4.79 Å². The average Bonchev–Trinajstić information content (AvgIpc) is 2.67. The standard InChI is InChI=1S/C18H26N4O5/c1-3-26-14-6-8-15(9-7-14)27-12(2)16(23)20-21-17(24)13-5-4-10-22(11-13)18(19)25/h6-9,12-13H,3-5,10-11H2,1-2H3,(H2,19,25)(H,20,23)(H,21,24)/t12-,13+/m1/s1. The summed E-state index contributed by atoms with van der Waals surface area (Å²) in [5, 5.41) is 0. The summed E-state index contributed by atoms with van der Waals surface area (Å²) < 4.78 is 10.9. The van der Waals surface area contributed by atoms with Gasteiger partial charge in [-0.25, -0.2) is 4.79 Å². The Morgan fingerprint density at radius 2 is 1.89 bits per heavy atom. The van der Waals surface area contributed by atoms with Gasteiger partial charge in [0.15, 0.2) is 6.10 Å². The molecule has 0 unspecified atom stereocenters. The Morgan fingerprint density at radius 3 is 2.52 bits per heavy atom. The fourth-order valence-electron chi connectivity index (χ4n) is 2.76. The van der Waals surface area contributed by atoms with Crippen molar-refractivity contribution >= 4 is 17.8 Å². The molecule has 0 aromatic heterocycles. The van der Waals surface area contributed by atoms with E-state index in [-0.39, 0.29) is 12.5 Å². The number of piperidine rings is 1. The number of hydrazine groups is 1. The topological polar surface area (TPSA) is 123 Å². The van der Waals surface area contributed by atoms with Crippen LogP contribution in [0.15, 0.2) is 24.3 Å². The minimum atomic E-state index is -0.809. The molecule has 27 heavy (non-hydrogen) atoms. The van der Waals surface area contributed by atoms with E-state index in [1.807, 2.05) is 6.92 Å². The van der Waals surface area contributed by atoms with Crippen LogP contribution in [0.3, 0.4) is 0 Å². The van der Waals surface area contributed by atoms with Gasteiger partial charge in [0.2, 0.25) is 5.91 Å². The van der Waals surface area contributed by atoms with Crippen molar-refractivity contribution in [3.8, 4) is 11.5 Å². The highest BCUT2D eigenvalue weighted by Crippen LogP contribution is 2.19. The number of urea groups is 1. The first-order valence-corrected chi connectivity index (χ1v) is 8.94. The van der Waals surface area contributed by atoms with Crippen molar-refractivity contribution in [3.63, 3.8) is 0 Å². The molecule has 1 fully saturated rings. The van der Waals surface area contributed by atoms with E-state index in [4.69, 9.17) is 15.2 Å². The zero-order valence-corrected chi connectivity index (χ0v) is 15.6. The zero-order valence-electron chi connectivity index (χ0n) is 15.6. The van der Waals surface area contributed by atoms with E-state index in [1.165, 1.54) is 4.90 Å². The van der Waals surface area contributed by atoms with Crippen molar-refractivity contribution in [3.05, 3.63) is 24.3 Å². The molecule has 1 aliphatic heterocycles. The monoisotopic (exact) mass is 378 g/mol. The number of primary amides is 1. The first-order valence-electron chi connectivity index (χ1n) is 8.94.